The minimum absolute atomic E-state index is 0.769. The van der Waals surface area contributed by atoms with Crippen LogP contribution in [0.25, 0.3) is 0 Å². The van der Waals surface area contributed by atoms with E-state index in [1.54, 1.807) is 11.1 Å². The van der Waals surface area contributed by atoms with Crippen molar-refractivity contribution in [3.63, 3.8) is 0 Å². The first kappa shape index (κ1) is 13.1. The van der Waals surface area contributed by atoms with Crippen LogP contribution < -0.4 is 5.32 Å². The van der Waals surface area contributed by atoms with Crippen LogP contribution in [0.4, 0.5) is 0 Å². The summed E-state index contributed by atoms with van der Waals surface area (Å²) in [6.45, 7) is 8.46. The van der Waals surface area contributed by atoms with Gasteiger partial charge in [-0.3, -0.25) is 0 Å². The molecule has 2 rings (SSSR count). The lowest BCUT2D eigenvalue weighted by molar-refractivity contribution is 0.319. The van der Waals surface area contributed by atoms with Crippen LogP contribution in [0, 0.1) is 11.8 Å². The highest BCUT2D eigenvalue weighted by Gasteiger charge is 2.22. The van der Waals surface area contributed by atoms with E-state index >= 15 is 0 Å². The fourth-order valence-electron chi connectivity index (χ4n) is 3.38. The number of hydrogen-bond acceptors (Lipinski definition) is 1. The van der Waals surface area contributed by atoms with Crippen molar-refractivity contribution in [2.75, 3.05) is 6.54 Å². The van der Waals surface area contributed by atoms with Crippen LogP contribution in [0.5, 0.6) is 0 Å². The SMILES string of the molecule is CC(CC1CCCCN1)=C1CCC(C)C(C)C1. The molecule has 0 amide bonds. The summed E-state index contributed by atoms with van der Waals surface area (Å²) in [7, 11) is 0. The average molecular weight is 235 g/mol. The Bertz CT molecular complexity index is 273. The topological polar surface area (TPSA) is 12.0 Å². The molecule has 0 spiro atoms. The van der Waals surface area contributed by atoms with E-state index in [2.05, 4.69) is 26.1 Å². The molecule has 0 aromatic heterocycles. The minimum atomic E-state index is 0.769. The molecule has 1 N–H and O–H groups in total. The zero-order chi connectivity index (χ0) is 12.3. The summed E-state index contributed by atoms with van der Waals surface area (Å²) in [6, 6.07) is 0.769. The van der Waals surface area contributed by atoms with Crippen molar-refractivity contribution in [1.82, 2.24) is 5.32 Å². The maximum Gasteiger partial charge on any atom is 0.0104 e. The first-order valence-corrected chi connectivity index (χ1v) is 7.57. The summed E-state index contributed by atoms with van der Waals surface area (Å²) in [5.41, 5.74) is 3.48. The Balaban J connectivity index is 1.90. The highest BCUT2D eigenvalue weighted by atomic mass is 14.9. The zero-order valence-corrected chi connectivity index (χ0v) is 11.9. The Hall–Kier alpha value is -0.300. The summed E-state index contributed by atoms with van der Waals surface area (Å²) in [6.07, 6.45) is 9.62. The number of allylic oxidation sites excluding steroid dienone is 1. The first-order chi connectivity index (χ1) is 8.16. The van der Waals surface area contributed by atoms with E-state index in [4.69, 9.17) is 0 Å². The van der Waals surface area contributed by atoms with Crippen molar-refractivity contribution >= 4 is 0 Å². The third-order valence-electron chi connectivity index (χ3n) is 5.01. The summed E-state index contributed by atoms with van der Waals surface area (Å²) in [4.78, 5) is 0. The van der Waals surface area contributed by atoms with E-state index in [0.29, 0.717) is 0 Å². The summed E-state index contributed by atoms with van der Waals surface area (Å²) in [5.74, 6) is 1.83. The van der Waals surface area contributed by atoms with Gasteiger partial charge in [-0.15, -0.1) is 0 Å². The van der Waals surface area contributed by atoms with Gasteiger partial charge in [-0.25, -0.2) is 0 Å². The van der Waals surface area contributed by atoms with E-state index in [1.165, 1.54) is 51.5 Å². The van der Waals surface area contributed by atoms with Gasteiger partial charge in [0.15, 0.2) is 0 Å². The van der Waals surface area contributed by atoms with Crippen LogP contribution in [-0.4, -0.2) is 12.6 Å². The molecular weight excluding hydrogens is 206 g/mol. The maximum atomic E-state index is 3.67. The van der Waals surface area contributed by atoms with Gasteiger partial charge < -0.3 is 5.32 Å². The molecular formula is C16H29N. The molecule has 1 heterocycles. The second-order valence-corrected chi connectivity index (χ2v) is 6.43. The standard InChI is InChI=1S/C16H29N/c1-12-7-8-15(10-13(12)2)14(3)11-16-6-4-5-9-17-16/h12-13,16-17H,4-11H2,1-3H3. The fraction of sp³-hybridized carbons (Fsp3) is 0.875. The van der Waals surface area contributed by atoms with E-state index in [9.17, 15) is 0 Å². The lowest BCUT2D eigenvalue weighted by atomic mass is 9.77. The number of piperidine rings is 1. The van der Waals surface area contributed by atoms with Gasteiger partial charge in [0.1, 0.15) is 0 Å². The lowest BCUT2D eigenvalue weighted by Crippen LogP contribution is -2.34. The minimum Gasteiger partial charge on any atom is -0.314 e. The van der Waals surface area contributed by atoms with E-state index in [-0.39, 0.29) is 0 Å². The van der Waals surface area contributed by atoms with Crippen molar-refractivity contribution in [3.05, 3.63) is 11.1 Å². The number of rotatable bonds is 2. The quantitative estimate of drug-likeness (QED) is 0.704. The molecule has 1 nitrogen and oxygen atoms in total. The Kier molecular flexibility index (Phi) is 4.67. The van der Waals surface area contributed by atoms with Crippen LogP contribution in [0.15, 0.2) is 11.1 Å². The lowest BCUT2D eigenvalue weighted by Gasteiger charge is -2.30. The molecule has 0 aromatic carbocycles. The highest BCUT2D eigenvalue weighted by Crippen LogP contribution is 2.35. The van der Waals surface area contributed by atoms with E-state index in [1.807, 2.05) is 0 Å². The molecule has 98 valence electrons. The molecule has 1 saturated heterocycles. The molecule has 1 aliphatic heterocycles. The highest BCUT2D eigenvalue weighted by molar-refractivity contribution is 5.16. The Morgan fingerprint density at radius 1 is 1.18 bits per heavy atom. The predicted octanol–water partition coefficient (Wildman–Crippen LogP) is 4.29. The molecule has 17 heavy (non-hydrogen) atoms. The van der Waals surface area contributed by atoms with E-state index in [0.717, 1.165) is 17.9 Å². The van der Waals surface area contributed by atoms with Crippen molar-refractivity contribution in [1.29, 1.82) is 0 Å². The molecule has 2 aliphatic rings. The Morgan fingerprint density at radius 3 is 2.65 bits per heavy atom. The van der Waals surface area contributed by atoms with Crippen molar-refractivity contribution in [3.8, 4) is 0 Å². The normalized spacial score (nSPS) is 37.9. The second kappa shape index (κ2) is 6.04. The smallest absolute Gasteiger partial charge is 0.0104 e. The van der Waals surface area contributed by atoms with Crippen molar-refractivity contribution in [2.45, 2.75) is 71.8 Å². The molecule has 2 fully saturated rings. The van der Waals surface area contributed by atoms with Crippen LogP contribution in [-0.2, 0) is 0 Å². The Morgan fingerprint density at radius 2 is 2.00 bits per heavy atom. The van der Waals surface area contributed by atoms with Crippen LogP contribution in [0.3, 0.4) is 0 Å². The second-order valence-electron chi connectivity index (χ2n) is 6.43. The third-order valence-corrected chi connectivity index (χ3v) is 5.01. The van der Waals surface area contributed by atoms with Gasteiger partial charge in [0.05, 0.1) is 0 Å². The van der Waals surface area contributed by atoms with Gasteiger partial charge in [0.2, 0.25) is 0 Å². The number of hydrogen-bond donors (Lipinski definition) is 1. The third kappa shape index (κ3) is 3.58. The molecule has 1 heteroatoms. The fourth-order valence-corrected chi connectivity index (χ4v) is 3.38. The molecule has 3 unspecified atom stereocenters. The van der Waals surface area contributed by atoms with Gasteiger partial charge >= 0.3 is 0 Å². The first-order valence-electron chi connectivity index (χ1n) is 7.57. The summed E-state index contributed by atoms with van der Waals surface area (Å²) >= 11 is 0. The molecule has 1 aliphatic carbocycles. The van der Waals surface area contributed by atoms with Gasteiger partial charge in [0.25, 0.3) is 0 Å². The number of nitrogens with one attached hydrogen (secondary N) is 1. The molecule has 0 aromatic rings. The van der Waals surface area contributed by atoms with Gasteiger partial charge in [0, 0.05) is 6.04 Å². The van der Waals surface area contributed by atoms with Gasteiger partial charge in [-0.2, -0.15) is 0 Å². The van der Waals surface area contributed by atoms with Crippen LogP contribution >= 0.6 is 0 Å². The van der Waals surface area contributed by atoms with Gasteiger partial charge in [-0.05, 0) is 63.8 Å². The van der Waals surface area contributed by atoms with Crippen LogP contribution in [0.1, 0.15) is 65.7 Å². The summed E-state index contributed by atoms with van der Waals surface area (Å²) < 4.78 is 0. The monoisotopic (exact) mass is 235 g/mol. The molecule has 3 atom stereocenters. The predicted molar refractivity (Wildman–Crippen MR) is 75.1 cm³/mol. The zero-order valence-electron chi connectivity index (χ0n) is 11.9. The molecule has 1 saturated carbocycles. The van der Waals surface area contributed by atoms with Crippen molar-refractivity contribution < 1.29 is 0 Å². The van der Waals surface area contributed by atoms with Gasteiger partial charge in [-0.1, -0.05) is 31.4 Å². The maximum absolute atomic E-state index is 3.67. The van der Waals surface area contributed by atoms with E-state index < -0.39 is 0 Å². The Labute approximate surface area is 107 Å². The summed E-state index contributed by atoms with van der Waals surface area (Å²) in [5, 5.41) is 3.67. The van der Waals surface area contributed by atoms with Crippen molar-refractivity contribution in [2.24, 2.45) is 11.8 Å². The average Bonchev–Trinajstić information content (AvgIpc) is 2.34. The molecule has 0 bridgehead atoms. The molecule has 0 radical (unpaired) electrons. The largest absolute Gasteiger partial charge is 0.314 e. The van der Waals surface area contributed by atoms with Crippen LogP contribution in [0.2, 0.25) is 0 Å².